The van der Waals surface area contributed by atoms with Crippen LogP contribution in [-0.2, 0) is 18.4 Å². The highest BCUT2D eigenvalue weighted by Crippen LogP contribution is 2.59. The van der Waals surface area contributed by atoms with Gasteiger partial charge in [-0.15, -0.1) is 0 Å². The zero-order valence-electron chi connectivity index (χ0n) is 22.4. The predicted octanol–water partition coefficient (Wildman–Crippen LogP) is 1.03. The number of halogens is 2. The third-order valence-electron chi connectivity index (χ3n) is 7.74. The Labute approximate surface area is 231 Å². The average Bonchev–Trinajstić information content (AvgIpc) is 3.38. The van der Waals surface area contributed by atoms with Crippen molar-refractivity contribution in [2.45, 2.75) is 38.5 Å². The van der Waals surface area contributed by atoms with Crippen molar-refractivity contribution < 1.29 is 18.7 Å². The number of piperidine rings is 1. The van der Waals surface area contributed by atoms with Crippen LogP contribution in [0.15, 0.2) is 46.5 Å². The molecule has 0 radical (unpaired) electrons. The van der Waals surface area contributed by atoms with Gasteiger partial charge in [-0.3, -0.25) is 18.7 Å². The number of fused-ring (bicyclic) bond motifs is 2. The van der Waals surface area contributed by atoms with E-state index in [-0.39, 0.29) is 36.6 Å². The van der Waals surface area contributed by atoms with Crippen molar-refractivity contribution in [2.24, 2.45) is 18.9 Å². The number of amides is 1. The summed E-state index contributed by atoms with van der Waals surface area (Å²) >= 11 is 0. The first-order valence-electron chi connectivity index (χ1n) is 13.0. The Morgan fingerprint density at radius 2 is 1.88 bits per heavy atom. The van der Waals surface area contributed by atoms with Crippen LogP contribution < -0.4 is 21.5 Å². The van der Waals surface area contributed by atoms with E-state index in [1.165, 1.54) is 41.7 Å². The summed E-state index contributed by atoms with van der Waals surface area (Å²) in [6.45, 7) is 3.38. The Balaban J connectivity index is 1.20. The molecule has 6 rings (SSSR count). The fourth-order valence-corrected chi connectivity index (χ4v) is 5.33. The average molecular weight is 568 g/mol. The number of pyridine rings is 1. The number of alkyl halides is 2. The topological polar surface area (TPSA) is 153 Å². The first-order valence-corrected chi connectivity index (χ1v) is 13.0. The highest BCUT2D eigenvalue weighted by molar-refractivity contribution is 5.93. The maximum Gasteiger partial charge on any atom is 0.332 e. The van der Waals surface area contributed by atoms with Crippen LogP contribution in [0.2, 0.25) is 0 Å². The van der Waals surface area contributed by atoms with Crippen molar-refractivity contribution in [3.8, 4) is 11.4 Å². The second-order valence-electron chi connectivity index (χ2n) is 10.6. The van der Waals surface area contributed by atoms with Crippen LogP contribution in [0.5, 0.6) is 0 Å². The molecule has 2 N–H and O–H groups in total. The van der Waals surface area contributed by atoms with Crippen LogP contribution in [-0.4, -0.2) is 69.8 Å². The number of nitrogens with zero attached hydrogens (tertiary/aromatic N) is 8. The van der Waals surface area contributed by atoms with Gasteiger partial charge in [0, 0.05) is 38.1 Å². The zero-order chi connectivity index (χ0) is 29.2. The Morgan fingerprint density at radius 1 is 1.15 bits per heavy atom. The van der Waals surface area contributed by atoms with Crippen LogP contribution >= 0.6 is 0 Å². The van der Waals surface area contributed by atoms with E-state index in [0.717, 1.165) is 4.57 Å². The SMILES string of the molecule is CC(O)Cn1c(=O)c2c(ncn2[C@@H](C)C(=O)Nc2ccnc(-c3ccc(N4CC5C(C4)C5(F)F)nc3)n2)n(C)c1=O. The lowest BCUT2D eigenvalue weighted by atomic mass is 10.2. The smallest absolute Gasteiger partial charge is 0.332 e. The highest BCUT2D eigenvalue weighted by atomic mass is 19.3. The van der Waals surface area contributed by atoms with E-state index in [0.29, 0.717) is 17.2 Å². The summed E-state index contributed by atoms with van der Waals surface area (Å²) in [5, 5.41) is 12.5. The second kappa shape index (κ2) is 9.54. The number of carbonyl (C=O) groups excluding carboxylic acids is 1. The van der Waals surface area contributed by atoms with E-state index in [4.69, 9.17) is 0 Å². The molecule has 4 atom stereocenters. The normalized spacial score (nSPS) is 20.6. The number of anilines is 2. The first-order chi connectivity index (χ1) is 19.5. The van der Waals surface area contributed by atoms with Crippen LogP contribution in [0.1, 0.15) is 19.9 Å². The molecule has 214 valence electrons. The summed E-state index contributed by atoms with van der Waals surface area (Å²) in [7, 11) is 1.46. The molecule has 3 unspecified atom stereocenters. The Bertz CT molecular complexity index is 1770. The molecule has 1 aliphatic carbocycles. The van der Waals surface area contributed by atoms with Crippen LogP contribution in [0, 0.1) is 11.8 Å². The van der Waals surface area contributed by atoms with Crippen LogP contribution in [0.4, 0.5) is 20.4 Å². The van der Waals surface area contributed by atoms with Gasteiger partial charge >= 0.3 is 5.69 Å². The van der Waals surface area contributed by atoms with Gasteiger partial charge in [0.05, 0.1) is 30.8 Å². The van der Waals surface area contributed by atoms with Gasteiger partial charge in [-0.1, -0.05) is 0 Å². The summed E-state index contributed by atoms with van der Waals surface area (Å²) in [4.78, 5) is 58.0. The number of aliphatic hydroxyl groups excluding tert-OH is 1. The molecular formula is C26H27F2N9O4. The lowest BCUT2D eigenvalue weighted by molar-refractivity contribution is -0.118. The van der Waals surface area contributed by atoms with E-state index >= 15 is 0 Å². The third-order valence-corrected chi connectivity index (χ3v) is 7.74. The van der Waals surface area contributed by atoms with Gasteiger partial charge in [-0.05, 0) is 32.0 Å². The van der Waals surface area contributed by atoms with Crippen molar-refractivity contribution in [2.75, 3.05) is 23.3 Å². The molecule has 0 bridgehead atoms. The van der Waals surface area contributed by atoms with Gasteiger partial charge in [-0.2, -0.15) is 0 Å². The minimum Gasteiger partial charge on any atom is -0.392 e. The van der Waals surface area contributed by atoms with Gasteiger partial charge in [0.1, 0.15) is 17.7 Å². The minimum absolute atomic E-state index is 0.0453. The molecule has 4 aromatic heterocycles. The van der Waals surface area contributed by atoms with E-state index in [2.05, 4.69) is 25.3 Å². The number of nitrogens with one attached hydrogen (secondary N) is 1. The molecule has 1 amide bonds. The van der Waals surface area contributed by atoms with E-state index in [1.54, 1.807) is 25.3 Å². The summed E-state index contributed by atoms with van der Waals surface area (Å²) in [6, 6.07) is 4.08. The molecule has 0 aromatic carbocycles. The zero-order valence-corrected chi connectivity index (χ0v) is 22.4. The van der Waals surface area contributed by atoms with Crippen molar-refractivity contribution in [3.05, 3.63) is 57.8 Å². The molecular weight excluding hydrogens is 540 g/mol. The number of carbonyl (C=O) groups is 1. The first kappa shape index (κ1) is 26.7. The third kappa shape index (κ3) is 4.45. The summed E-state index contributed by atoms with van der Waals surface area (Å²) in [5.74, 6) is -3.15. The summed E-state index contributed by atoms with van der Waals surface area (Å²) < 4.78 is 30.5. The maximum absolute atomic E-state index is 13.5. The van der Waals surface area contributed by atoms with Gasteiger partial charge in [0.2, 0.25) is 5.91 Å². The van der Waals surface area contributed by atoms with Crippen molar-refractivity contribution in [1.29, 1.82) is 0 Å². The lowest BCUT2D eigenvalue weighted by Gasteiger charge is -2.20. The molecule has 1 saturated carbocycles. The highest BCUT2D eigenvalue weighted by Gasteiger charge is 2.71. The predicted molar refractivity (Wildman–Crippen MR) is 144 cm³/mol. The number of hydrogen-bond donors (Lipinski definition) is 2. The number of aliphatic hydroxyl groups is 1. The maximum atomic E-state index is 13.5. The fourth-order valence-electron chi connectivity index (χ4n) is 5.33. The van der Waals surface area contributed by atoms with E-state index < -0.39 is 47.1 Å². The van der Waals surface area contributed by atoms with Gasteiger partial charge in [0.25, 0.3) is 11.5 Å². The summed E-state index contributed by atoms with van der Waals surface area (Å²) in [5.41, 5.74) is -0.556. The van der Waals surface area contributed by atoms with E-state index in [1.807, 2.05) is 4.90 Å². The van der Waals surface area contributed by atoms with Crippen molar-refractivity contribution >= 4 is 28.7 Å². The minimum atomic E-state index is -2.56. The molecule has 1 aliphatic heterocycles. The standard InChI is InChI=1S/C26H27F2N9O4/c1-13(38)9-36-24(40)20-22(34(3)25(36)41)31-12-37(20)14(2)23(39)33-18-6-7-29-21(32-18)15-4-5-19(30-8-15)35-10-16-17(11-35)26(16,27)28/h4-8,12-14,16-17,38H,9-11H2,1-3H3,(H,29,32,33,39)/t13?,14-,16?,17?/m0/s1. The van der Waals surface area contributed by atoms with Gasteiger partial charge in [-0.25, -0.2) is 33.5 Å². The molecule has 2 aliphatic rings. The molecule has 15 heteroatoms. The second-order valence-corrected chi connectivity index (χ2v) is 10.6. The Kier molecular flexibility index (Phi) is 6.21. The number of rotatable bonds is 7. The monoisotopic (exact) mass is 567 g/mol. The molecule has 4 aromatic rings. The number of hydrogen-bond acceptors (Lipinski definition) is 9. The quantitative estimate of drug-likeness (QED) is 0.333. The molecule has 2 fully saturated rings. The van der Waals surface area contributed by atoms with E-state index in [9.17, 15) is 28.3 Å². The Morgan fingerprint density at radius 3 is 2.54 bits per heavy atom. The lowest BCUT2D eigenvalue weighted by Crippen LogP contribution is -2.42. The Hall–Kier alpha value is -4.53. The molecule has 0 spiro atoms. The van der Waals surface area contributed by atoms with Crippen molar-refractivity contribution in [3.63, 3.8) is 0 Å². The molecule has 13 nitrogen and oxygen atoms in total. The van der Waals surface area contributed by atoms with Gasteiger partial charge < -0.3 is 19.9 Å². The largest absolute Gasteiger partial charge is 0.392 e. The summed E-state index contributed by atoms with van der Waals surface area (Å²) in [6.07, 6.45) is 3.41. The molecule has 5 heterocycles. The number of aryl methyl sites for hydroxylation is 1. The number of imidazole rings is 1. The van der Waals surface area contributed by atoms with Crippen LogP contribution in [0.25, 0.3) is 22.6 Å². The van der Waals surface area contributed by atoms with Crippen molar-refractivity contribution in [1.82, 2.24) is 33.6 Å². The molecule has 1 saturated heterocycles. The van der Waals surface area contributed by atoms with Gasteiger partial charge in [0.15, 0.2) is 17.0 Å². The van der Waals surface area contributed by atoms with Crippen LogP contribution in [0.3, 0.4) is 0 Å². The molecule has 41 heavy (non-hydrogen) atoms. The fraction of sp³-hybridized carbons (Fsp3) is 0.423. The number of aromatic nitrogens is 7.